The van der Waals surface area contributed by atoms with E-state index in [9.17, 15) is 4.79 Å². The molecule has 0 amide bonds. The van der Waals surface area contributed by atoms with E-state index < -0.39 is 0 Å². The second-order valence-corrected chi connectivity index (χ2v) is 2.28. The Hall–Kier alpha value is -1.09. The van der Waals surface area contributed by atoms with Gasteiger partial charge in [-0.1, -0.05) is 0 Å². The number of aliphatic hydroxyl groups excluding tert-OH is 1. The van der Waals surface area contributed by atoms with Gasteiger partial charge in [0, 0.05) is 12.8 Å². The zero-order valence-electron chi connectivity index (χ0n) is 6.12. The second-order valence-electron chi connectivity index (χ2n) is 2.28. The quantitative estimate of drug-likeness (QED) is 0.697. The third-order valence-corrected chi connectivity index (χ3v) is 1.41. The van der Waals surface area contributed by atoms with Crippen LogP contribution in [-0.4, -0.2) is 17.5 Å². The Balaban J connectivity index is 2.29. The summed E-state index contributed by atoms with van der Waals surface area (Å²) in [5.41, 5.74) is 0. The van der Waals surface area contributed by atoms with Crippen LogP contribution in [0.15, 0.2) is 22.8 Å². The first-order valence-electron chi connectivity index (χ1n) is 3.48. The van der Waals surface area contributed by atoms with Crippen molar-refractivity contribution in [2.45, 2.75) is 12.8 Å². The number of aliphatic hydroxyl groups is 1. The third-order valence-electron chi connectivity index (χ3n) is 1.41. The molecule has 1 heterocycles. The molecule has 0 spiro atoms. The third kappa shape index (κ3) is 2.55. The van der Waals surface area contributed by atoms with Crippen molar-refractivity contribution < 1.29 is 14.3 Å². The fourth-order valence-electron chi connectivity index (χ4n) is 0.797. The first-order chi connectivity index (χ1) is 5.33. The van der Waals surface area contributed by atoms with Crippen LogP contribution in [0.1, 0.15) is 12.2 Å². The minimum Gasteiger partial charge on any atom is -0.469 e. The molecule has 0 bridgehead atoms. The highest BCUT2D eigenvalue weighted by atomic mass is 16.3. The van der Waals surface area contributed by atoms with Crippen LogP contribution in [0.25, 0.3) is 0 Å². The number of rotatable bonds is 4. The molecule has 0 aromatic carbocycles. The van der Waals surface area contributed by atoms with Gasteiger partial charge in [-0.25, -0.2) is 0 Å². The summed E-state index contributed by atoms with van der Waals surface area (Å²) in [6.45, 7) is -0.374. The Bertz CT molecular complexity index is 213. The van der Waals surface area contributed by atoms with Gasteiger partial charge in [0.2, 0.25) is 0 Å². The normalized spacial score (nSPS) is 9.91. The highest BCUT2D eigenvalue weighted by molar-refractivity contribution is 5.79. The lowest BCUT2D eigenvalue weighted by Crippen LogP contribution is -2.04. The molecule has 3 heteroatoms. The van der Waals surface area contributed by atoms with Crippen LogP contribution < -0.4 is 0 Å². The van der Waals surface area contributed by atoms with Gasteiger partial charge in [0.1, 0.15) is 12.4 Å². The largest absolute Gasteiger partial charge is 0.469 e. The van der Waals surface area contributed by atoms with Crippen molar-refractivity contribution in [1.29, 1.82) is 0 Å². The van der Waals surface area contributed by atoms with Crippen molar-refractivity contribution in [2.75, 3.05) is 6.61 Å². The van der Waals surface area contributed by atoms with Gasteiger partial charge in [-0.15, -0.1) is 0 Å². The van der Waals surface area contributed by atoms with Crippen LogP contribution in [0.2, 0.25) is 0 Å². The van der Waals surface area contributed by atoms with Gasteiger partial charge in [0.25, 0.3) is 0 Å². The Labute approximate surface area is 64.6 Å². The molecule has 0 aliphatic carbocycles. The molecule has 0 unspecified atom stereocenters. The smallest absolute Gasteiger partial charge is 0.158 e. The van der Waals surface area contributed by atoms with Crippen LogP contribution in [0.3, 0.4) is 0 Å². The standard InChI is InChI=1S/C8H10O3/c9-6-7(10)3-4-8-2-1-5-11-8/h1-2,5,9H,3-4,6H2. The summed E-state index contributed by atoms with van der Waals surface area (Å²) in [5.74, 6) is 0.633. The van der Waals surface area contributed by atoms with Crippen LogP contribution in [0.5, 0.6) is 0 Å². The molecule has 3 nitrogen and oxygen atoms in total. The van der Waals surface area contributed by atoms with Crippen molar-refractivity contribution >= 4 is 5.78 Å². The molecule has 1 aromatic rings. The topological polar surface area (TPSA) is 50.4 Å². The average molecular weight is 154 g/mol. The van der Waals surface area contributed by atoms with Gasteiger partial charge in [-0.3, -0.25) is 4.79 Å². The van der Waals surface area contributed by atoms with Crippen LogP contribution >= 0.6 is 0 Å². The summed E-state index contributed by atoms with van der Waals surface area (Å²) in [5, 5.41) is 8.38. The highest BCUT2D eigenvalue weighted by Gasteiger charge is 2.01. The number of aryl methyl sites for hydroxylation is 1. The van der Waals surface area contributed by atoms with E-state index in [-0.39, 0.29) is 12.4 Å². The molecule has 11 heavy (non-hydrogen) atoms. The van der Waals surface area contributed by atoms with Crippen molar-refractivity contribution in [3.05, 3.63) is 24.2 Å². The van der Waals surface area contributed by atoms with Crippen molar-refractivity contribution in [3.63, 3.8) is 0 Å². The van der Waals surface area contributed by atoms with E-state index in [0.29, 0.717) is 12.8 Å². The first-order valence-corrected chi connectivity index (χ1v) is 3.48. The maximum Gasteiger partial charge on any atom is 0.158 e. The summed E-state index contributed by atoms with van der Waals surface area (Å²) in [4.78, 5) is 10.6. The maximum atomic E-state index is 10.6. The lowest BCUT2D eigenvalue weighted by Gasteiger charge is -1.92. The van der Waals surface area contributed by atoms with E-state index in [1.165, 1.54) is 0 Å². The van der Waals surface area contributed by atoms with Crippen molar-refractivity contribution in [1.82, 2.24) is 0 Å². The van der Waals surface area contributed by atoms with Gasteiger partial charge in [0.05, 0.1) is 6.26 Å². The van der Waals surface area contributed by atoms with E-state index in [1.807, 2.05) is 6.07 Å². The van der Waals surface area contributed by atoms with E-state index in [4.69, 9.17) is 9.52 Å². The van der Waals surface area contributed by atoms with Gasteiger partial charge in [0.15, 0.2) is 5.78 Å². The minimum absolute atomic E-state index is 0.151. The number of hydrogen-bond acceptors (Lipinski definition) is 3. The molecule has 1 rings (SSSR count). The average Bonchev–Trinajstić information content (AvgIpc) is 2.52. The Kier molecular flexibility index (Phi) is 2.86. The van der Waals surface area contributed by atoms with Gasteiger partial charge >= 0.3 is 0 Å². The fraction of sp³-hybridized carbons (Fsp3) is 0.375. The van der Waals surface area contributed by atoms with Crippen LogP contribution in [0.4, 0.5) is 0 Å². The molecule has 0 saturated carbocycles. The molecule has 60 valence electrons. The molecule has 0 fully saturated rings. The predicted octanol–water partition coefficient (Wildman–Crippen LogP) is 0.774. The summed E-state index contributed by atoms with van der Waals surface area (Å²) in [6, 6.07) is 3.59. The molecule has 0 atom stereocenters. The lowest BCUT2D eigenvalue weighted by molar-refractivity contribution is -0.121. The monoisotopic (exact) mass is 154 g/mol. The number of carbonyl (C=O) groups excluding carboxylic acids is 1. The lowest BCUT2D eigenvalue weighted by atomic mass is 10.2. The summed E-state index contributed by atoms with van der Waals surface area (Å²) in [7, 11) is 0. The fourth-order valence-corrected chi connectivity index (χ4v) is 0.797. The van der Waals surface area contributed by atoms with Gasteiger partial charge in [-0.05, 0) is 12.1 Å². The molecule has 0 aliphatic heterocycles. The molecule has 1 aromatic heterocycles. The van der Waals surface area contributed by atoms with Gasteiger partial charge < -0.3 is 9.52 Å². The number of furan rings is 1. The maximum absolute atomic E-state index is 10.6. The summed E-state index contributed by atoms with van der Waals surface area (Å²) >= 11 is 0. The van der Waals surface area contributed by atoms with E-state index in [2.05, 4.69) is 0 Å². The Morgan fingerprint density at radius 1 is 1.64 bits per heavy atom. The highest BCUT2D eigenvalue weighted by Crippen LogP contribution is 2.03. The zero-order valence-corrected chi connectivity index (χ0v) is 6.12. The molecular formula is C8H10O3. The molecule has 1 N–H and O–H groups in total. The SMILES string of the molecule is O=C(CO)CCc1ccco1. The number of Topliss-reactive ketones (excluding diaryl/α,β-unsaturated/α-hetero) is 1. The van der Waals surface area contributed by atoms with Crippen molar-refractivity contribution in [3.8, 4) is 0 Å². The van der Waals surface area contributed by atoms with E-state index >= 15 is 0 Å². The Morgan fingerprint density at radius 3 is 3.00 bits per heavy atom. The van der Waals surface area contributed by atoms with Crippen LogP contribution in [-0.2, 0) is 11.2 Å². The Morgan fingerprint density at radius 2 is 2.45 bits per heavy atom. The summed E-state index contributed by atoms with van der Waals surface area (Å²) in [6.07, 6.45) is 2.50. The second kappa shape index (κ2) is 3.93. The predicted molar refractivity (Wildman–Crippen MR) is 39.1 cm³/mol. The number of hydrogen-bond donors (Lipinski definition) is 1. The first kappa shape index (κ1) is 8.01. The molecule has 0 radical (unpaired) electrons. The van der Waals surface area contributed by atoms with Crippen LogP contribution in [0, 0.1) is 0 Å². The molecule has 0 aliphatic rings. The zero-order chi connectivity index (χ0) is 8.10. The van der Waals surface area contributed by atoms with E-state index in [1.54, 1.807) is 12.3 Å². The summed E-state index contributed by atoms with van der Waals surface area (Å²) < 4.78 is 4.99. The minimum atomic E-state index is -0.374. The number of ketones is 1. The molecule has 0 saturated heterocycles. The number of carbonyl (C=O) groups is 1. The van der Waals surface area contributed by atoms with Crippen molar-refractivity contribution in [2.24, 2.45) is 0 Å². The van der Waals surface area contributed by atoms with Gasteiger partial charge in [-0.2, -0.15) is 0 Å². The molecular weight excluding hydrogens is 144 g/mol. The van der Waals surface area contributed by atoms with E-state index in [0.717, 1.165) is 5.76 Å².